The highest BCUT2D eigenvalue weighted by Crippen LogP contribution is 2.31. The van der Waals surface area contributed by atoms with Gasteiger partial charge in [0.1, 0.15) is 5.82 Å². The first kappa shape index (κ1) is 11.9. The number of nitrogens with zero attached hydrogens (tertiary/aromatic N) is 1. The van der Waals surface area contributed by atoms with E-state index in [-0.39, 0.29) is 5.82 Å². The molecule has 3 nitrogen and oxygen atoms in total. The number of halogens is 2. The fourth-order valence-corrected chi connectivity index (χ4v) is 1.91. The topological polar surface area (TPSA) is 50.9 Å². The molecule has 5 heteroatoms. The summed E-state index contributed by atoms with van der Waals surface area (Å²) in [7, 11) is 0. The fraction of sp³-hybridized carbons (Fsp3) is 0.0833. The first-order chi connectivity index (χ1) is 8.09. The van der Waals surface area contributed by atoms with Gasteiger partial charge in [0.05, 0.1) is 22.0 Å². The molecule has 0 saturated carbocycles. The molecule has 1 heterocycles. The van der Waals surface area contributed by atoms with E-state index in [4.69, 9.17) is 5.73 Å². The van der Waals surface area contributed by atoms with Crippen molar-refractivity contribution in [1.29, 1.82) is 0 Å². The molecule has 1 aromatic heterocycles. The number of benzene rings is 1. The summed E-state index contributed by atoms with van der Waals surface area (Å²) in [5, 5.41) is 3.10. The van der Waals surface area contributed by atoms with E-state index >= 15 is 0 Å². The minimum absolute atomic E-state index is 0.251. The lowest BCUT2D eigenvalue weighted by Gasteiger charge is -2.13. The van der Waals surface area contributed by atoms with E-state index in [1.165, 1.54) is 6.07 Å². The van der Waals surface area contributed by atoms with Gasteiger partial charge in [-0.1, -0.05) is 6.07 Å². The summed E-state index contributed by atoms with van der Waals surface area (Å²) in [5.74, 6) is -0.251. The van der Waals surface area contributed by atoms with Crippen LogP contribution in [0.5, 0.6) is 0 Å². The Bertz CT molecular complexity index is 537. The number of rotatable bonds is 2. The SMILES string of the molecule is Cc1c(F)cccc1Nc1c(N)cncc1Br. The zero-order chi connectivity index (χ0) is 12.4. The van der Waals surface area contributed by atoms with Crippen molar-refractivity contribution in [3.05, 3.63) is 46.4 Å². The predicted octanol–water partition coefficient (Wildman–Crippen LogP) is 3.62. The average molecular weight is 296 g/mol. The van der Waals surface area contributed by atoms with Gasteiger partial charge < -0.3 is 11.1 Å². The van der Waals surface area contributed by atoms with Crippen LogP contribution in [0.1, 0.15) is 5.56 Å². The highest BCUT2D eigenvalue weighted by atomic mass is 79.9. The number of aromatic nitrogens is 1. The van der Waals surface area contributed by atoms with Gasteiger partial charge in [0.15, 0.2) is 0 Å². The molecule has 0 fully saturated rings. The fourth-order valence-electron chi connectivity index (χ4n) is 1.46. The second kappa shape index (κ2) is 4.71. The summed E-state index contributed by atoms with van der Waals surface area (Å²) < 4.78 is 14.1. The van der Waals surface area contributed by atoms with Crippen LogP contribution in [0.2, 0.25) is 0 Å². The smallest absolute Gasteiger partial charge is 0.128 e. The van der Waals surface area contributed by atoms with E-state index in [2.05, 4.69) is 26.2 Å². The third-order valence-electron chi connectivity index (χ3n) is 2.46. The van der Waals surface area contributed by atoms with Gasteiger partial charge in [0.2, 0.25) is 0 Å². The van der Waals surface area contributed by atoms with Gasteiger partial charge >= 0.3 is 0 Å². The maximum absolute atomic E-state index is 13.4. The van der Waals surface area contributed by atoms with Gasteiger partial charge in [0.25, 0.3) is 0 Å². The maximum Gasteiger partial charge on any atom is 0.128 e. The average Bonchev–Trinajstić information content (AvgIpc) is 2.29. The van der Waals surface area contributed by atoms with Gasteiger partial charge in [-0.05, 0) is 35.0 Å². The van der Waals surface area contributed by atoms with E-state index in [9.17, 15) is 4.39 Å². The van der Waals surface area contributed by atoms with Gasteiger partial charge in [-0.2, -0.15) is 0 Å². The molecule has 17 heavy (non-hydrogen) atoms. The van der Waals surface area contributed by atoms with Crippen LogP contribution in [0, 0.1) is 12.7 Å². The first-order valence-electron chi connectivity index (χ1n) is 5.00. The van der Waals surface area contributed by atoms with Crippen LogP contribution in [0.3, 0.4) is 0 Å². The molecule has 0 bridgehead atoms. The maximum atomic E-state index is 13.4. The molecular formula is C12H11BrFN3. The van der Waals surface area contributed by atoms with E-state index < -0.39 is 0 Å². The Balaban J connectivity index is 2.42. The highest BCUT2D eigenvalue weighted by molar-refractivity contribution is 9.10. The van der Waals surface area contributed by atoms with Crippen LogP contribution in [0.25, 0.3) is 0 Å². The molecule has 0 aliphatic heterocycles. The molecule has 0 spiro atoms. The van der Waals surface area contributed by atoms with E-state index in [1.54, 1.807) is 31.5 Å². The quantitative estimate of drug-likeness (QED) is 0.890. The molecule has 1 aromatic carbocycles. The standard InChI is InChI=1S/C12H11BrFN3/c1-7-9(14)3-2-4-11(7)17-12-8(13)5-16-6-10(12)15/h2-6H,15H2,1H3,(H,16,17). The summed E-state index contributed by atoms with van der Waals surface area (Å²) in [6.07, 6.45) is 3.18. The Hall–Kier alpha value is -1.62. The monoisotopic (exact) mass is 295 g/mol. The van der Waals surface area contributed by atoms with E-state index in [0.717, 1.165) is 4.47 Å². The summed E-state index contributed by atoms with van der Waals surface area (Å²) >= 11 is 3.35. The van der Waals surface area contributed by atoms with Crippen molar-refractivity contribution in [2.75, 3.05) is 11.1 Å². The molecule has 2 aromatic rings. The normalized spacial score (nSPS) is 10.3. The van der Waals surface area contributed by atoms with Crippen LogP contribution in [0.15, 0.2) is 35.1 Å². The molecule has 0 aliphatic rings. The van der Waals surface area contributed by atoms with Crippen molar-refractivity contribution in [3.8, 4) is 0 Å². The van der Waals surface area contributed by atoms with Gasteiger partial charge in [-0.15, -0.1) is 0 Å². The summed E-state index contributed by atoms with van der Waals surface area (Å²) in [6, 6.07) is 4.87. The van der Waals surface area contributed by atoms with Gasteiger partial charge in [-0.3, -0.25) is 4.98 Å². The first-order valence-corrected chi connectivity index (χ1v) is 5.80. The minimum atomic E-state index is -0.251. The third kappa shape index (κ3) is 2.39. The van der Waals surface area contributed by atoms with Crippen LogP contribution < -0.4 is 11.1 Å². The number of hydrogen-bond donors (Lipinski definition) is 2. The van der Waals surface area contributed by atoms with Crippen molar-refractivity contribution in [1.82, 2.24) is 4.98 Å². The molecular weight excluding hydrogens is 285 g/mol. The van der Waals surface area contributed by atoms with Crippen LogP contribution in [0.4, 0.5) is 21.5 Å². The molecule has 0 radical (unpaired) electrons. The van der Waals surface area contributed by atoms with E-state index in [1.807, 2.05) is 0 Å². The molecule has 0 unspecified atom stereocenters. The number of nitrogens with one attached hydrogen (secondary N) is 1. The molecule has 3 N–H and O–H groups in total. The van der Waals surface area contributed by atoms with Crippen LogP contribution in [-0.2, 0) is 0 Å². The zero-order valence-corrected chi connectivity index (χ0v) is 10.8. The van der Waals surface area contributed by atoms with Crippen LogP contribution in [-0.4, -0.2) is 4.98 Å². The van der Waals surface area contributed by atoms with E-state index in [0.29, 0.717) is 22.6 Å². The van der Waals surface area contributed by atoms with Crippen molar-refractivity contribution in [2.24, 2.45) is 0 Å². The largest absolute Gasteiger partial charge is 0.396 e. The Labute approximate surface area is 107 Å². The lowest BCUT2D eigenvalue weighted by Crippen LogP contribution is -2.00. The second-order valence-corrected chi connectivity index (χ2v) is 4.48. The zero-order valence-electron chi connectivity index (χ0n) is 9.17. The Morgan fingerprint density at radius 1 is 1.35 bits per heavy atom. The van der Waals surface area contributed by atoms with Crippen LogP contribution >= 0.6 is 15.9 Å². The Morgan fingerprint density at radius 3 is 2.82 bits per heavy atom. The lowest BCUT2D eigenvalue weighted by molar-refractivity contribution is 0.619. The number of nitrogen functional groups attached to an aromatic ring is 1. The van der Waals surface area contributed by atoms with Crippen molar-refractivity contribution >= 4 is 33.0 Å². The van der Waals surface area contributed by atoms with Crippen molar-refractivity contribution in [2.45, 2.75) is 6.92 Å². The minimum Gasteiger partial charge on any atom is -0.396 e. The van der Waals surface area contributed by atoms with Crippen molar-refractivity contribution in [3.63, 3.8) is 0 Å². The summed E-state index contributed by atoms with van der Waals surface area (Å²) in [5.41, 5.74) is 8.24. The molecule has 88 valence electrons. The Morgan fingerprint density at radius 2 is 2.12 bits per heavy atom. The van der Waals surface area contributed by atoms with Crippen molar-refractivity contribution < 1.29 is 4.39 Å². The number of nitrogens with two attached hydrogens (primary N) is 1. The molecule has 0 saturated heterocycles. The summed E-state index contributed by atoms with van der Waals surface area (Å²) in [4.78, 5) is 3.94. The predicted molar refractivity (Wildman–Crippen MR) is 70.8 cm³/mol. The number of pyridine rings is 1. The van der Waals surface area contributed by atoms with Gasteiger partial charge in [-0.25, -0.2) is 4.39 Å². The molecule has 0 aliphatic carbocycles. The van der Waals surface area contributed by atoms with Gasteiger partial charge in [0, 0.05) is 17.4 Å². The number of anilines is 3. The third-order valence-corrected chi connectivity index (χ3v) is 3.06. The highest BCUT2D eigenvalue weighted by Gasteiger charge is 2.08. The molecule has 0 amide bonds. The number of hydrogen-bond acceptors (Lipinski definition) is 3. The lowest BCUT2D eigenvalue weighted by atomic mass is 10.2. The Kier molecular flexibility index (Phi) is 3.28. The molecule has 2 rings (SSSR count). The second-order valence-electron chi connectivity index (χ2n) is 3.62. The molecule has 0 atom stereocenters. The summed E-state index contributed by atoms with van der Waals surface area (Å²) in [6.45, 7) is 1.71.